The lowest BCUT2D eigenvalue weighted by Crippen LogP contribution is -2.42. The molecule has 1 unspecified atom stereocenters. The molecule has 1 aliphatic heterocycles. The molecule has 20 heavy (non-hydrogen) atoms. The average Bonchev–Trinajstić information content (AvgIpc) is 3.04. The van der Waals surface area contributed by atoms with Gasteiger partial charge in [0.25, 0.3) is 5.56 Å². The van der Waals surface area contributed by atoms with Crippen LogP contribution in [0.5, 0.6) is 0 Å². The molecular formula is C15H18N2O2S. The number of likely N-dealkylation sites (tertiary alicyclic amines) is 1. The van der Waals surface area contributed by atoms with Crippen LogP contribution < -0.4 is 5.56 Å². The molecule has 1 fully saturated rings. The lowest BCUT2D eigenvalue weighted by Gasteiger charge is -2.26. The van der Waals surface area contributed by atoms with Crippen LogP contribution in [0.15, 0.2) is 29.1 Å². The molecular weight excluding hydrogens is 272 g/mol. The van der Waals surface area contributed by atoms with Gasteiger partial charge in [-0.2, -0.15) is 3.96 Å². The normalized spacial score (nSPS) is 19.1. The Kier molecular flexibility index (Phi) is 3.38. The van der Waals surface area contributed by atoms with Crippen molar-refractivity contribution in [3.63, 3.8) is 0 Å². The van der Waals surface area contributed by atoms with Gasteiger partial charge in [-0.25, -0.2) is 4.79 Å². The first-order valence-corrected chi connectivity index (χ1v) is 7.79. The Balaban J connectivity index is 2.01. The van der Waals surface area contributed by atoms with E-state index in [1.54, 1.807) is 6.07 Å². The molecule has 0 N–H and O–H groups in total. The molecule has 0 aliphatic carbocycles. The summed E-state index contributed by atoms with van der Waals surface area (Å²) in [5.41, 5.74) is -0.190. The van der Waals surface area contributed by atoms with Crippen LogP contribution in [0.1, 0.15) is 26.7 Å². The predicted octanol–water partition coefficient (Wildman–Crippen LogP) is 3.15. The van der Waals surface area contributed by atoms with Crippen molar-refractivity contribution in [2.24, 2.45) is 5.92 Å². The number of rotatable bonds is 1. The van der Waals surface area contributed by atoms with E-state index in [1.165, 1.54) is 15.5 Å². The number of amides is 1. The zero-order valence-corrected chi connectivity index (χ0v) is 12.5. The fourth-order valence-electron chi connectivity index (χ4n) is 2.94. The second-order valence-electron chi connectivity index (χ2n) is 5.62. The number of aromatic nitrogens is 1. The Morgan fingerprint density at radius 3 is 2.80 bits per heavy atom. The van der Waals surface area contributed by atoms with Crippen LogP contribution in [0.4, 0.5) is 4.79 Å². The van der Waals surface area contributed by atoms with Crippen molar-refractivity contribution in [1.82, 2.24) is 8.86 Å². The van der Waals surface area contributed by atoms with Gasteiger partial charge in [-0.1, -0.05) is 26.0 Å². The Morgan fingerprint density at radius 2 is 2.10 bits per heavy atom. The van der Waals surface area contributed by atoms with Gasteiger partial charge in [0.2, 0.25) is 0 Å². The van der Waals surface area contributed by atoms with Crippen molar-refractivity contribution in [3.05, 3.63) is 34.6 Å². The summed E-state index contributed by atoms with van der Waals surface area (Å²) < 4.78 is 2.18. The Bertz CT molecular complexity index is 701. The maximum absolute atomic E-state index is 12.7. The molecule has 0 spiro atoms. The standard InChI is InChI=1S/C15H18N2O2S/c1-10(2)12-7-5-9-16(12)15(19)17-14(18)11-6-3-4-8-13(11)20-17/h3-4,6,8,10,12H,5,7,9H2,1-2H3. The number of hydrogen-bond acceptors (Lipinski definition) is 3. The van der Waals surface area contributed by atoms with Crippen molar-refractivity contribution in [2.45, 2.75) is 32.7 Å². The van der Waals surface area contributed by atoms with Gasteiger partial charge in [0.1, 0.15) is 0 Å². The third-order valence-corrected chi connectivity index (χ3v) is 5.04. The zero-order valence-electron chi connectivity index (χ0n) is 11.7. The van der Waals surface area contributed by atoms with Crippen LogP contribution in [0.25, 0.3) is 10.1 Å². The number of fused-ring (bicyclic) bond motifs is 1. The molecule has 5 heteroatoms. The summed E-state index contributed by atoms with van der Waals surface area (Å²) >= 11 is 1.25. The molecule has 3 rings (SSSR count). The molecule has 1 aliphatic rings. The summed E-state index contributed by atoms with van der Waals surface area (Å²) in [6, 6.07) is 7.47. The summed E-state index contributed by atoms with van der Waals surface area (Å²) in [4.78, 5) is 26.8. The zero-order chi connectivity index (χ0) is 14.3. The Hall–Kier alpha value is -1.62. The first-order valence-electron chi connectivity index (χ1n) is 7.01. The fourth-order valence-corrected chi connectivity index (χ4v) is 3.89. The van der Waals surface area contributed by atoms with Crippen molar-refractivity contribution in [2.75, 3.05) is 6.54 Å². The van der Waals surface area contributed by atoms with Crippen molar-refractivity contribution < 1.29 is 4.79 Å². The lowest BCUT2D eigenvalue weighted by molar-refractivity contribution is 0.182. The summed E-state index contributed by atoms with van der Waals surface area (Å²) in [7, 11) is 0. The molecule has 106 valence electrons. The van der Waals surface area contributed by atoms with Gasteiger partial charge in [0.05, 0.1) is 10.1 Å². The van der Waals surface area contributed by atoms with Gasteiger partial charge < -0.3 is 4.90 Å². The van der Waals surface area contributed by atoms with Crippen LogP contribution in [0.2, 0.25) is 0 Å². The Morgan fingerprint density at radius 1 is 1.35 bits per heavy atom. The minimum Gasteiger partial charge on any atom is -0.320 e. The molecule has 1 aromatic carbocycles. The third-order valence-electron chi connectivity index (χ3n) is 3.98. The van der Waals surface area contributed by atoms with Crippen LogP contribution in [-0.2, 0) is 0 Å². The largest absolute Gasteiger partial charge is 0.341 e. The lowest BCUT2D eigenvalue weighted by atomic mass is 10.0. The van der Waals surface area contributed by atoms with E-state index in [1.807, 2.05) is 23.1 Å². The molecule has 1 atom stereocenters. The number of benzene rings is 1. The average molecular weight is 290 g/mol. The van der Waals surface area contributed by atoms with E-state index in [9.17, 15) is 9.59 Å². The topological polar surface area (TPSA) is 42.3 Å². The molecule has 0 saturated carbocycles. The van der Waals surface area contributed by atoms with Gasteiger partial charge in [-0.15, -0.1) is 0 Å². The molecule has 0 bridgehead atoms. The monoisotopic (exact) mass is 290 g/mol. The minimum absolute atomic E-state index is 0.160. The van der Waals surface area contributed by atoms with E-state index >= 15 is 0 Å². The number of carbonyl (C=O) groups is 1. The van der Waals surface area contributed by atoms with Crippen LogP contribution in [0, 0.1) is 5.92 Å². The molecule has 1 saturated heterocycles. The first kappa shape index (κ1) is 13.4. The van der Waals surface area contributed by atoms with Gasteiger partial charge >= 0.3 is 6.03 Å². The summed E-state index contributed by atoms with van der Waals surface area (Å²) in [5, 5.41) is 0.631. The van der Waals surface area contributed by atoms with E-state index in [2.05, 4.69) is 13.8 Å². The number of nitrogens with zero attached hydrogens (tertiary/aromatic N) is 2. The van der Waals surface area contributed by atoms with Crippen molar-refractivity contribution in [1.29, 1.82) is 0 Å². The molecule has 4 nitrogen and oxygen atoms in total. The maximum Gasteiger partial charge on any atom is 0.341 e. The smallest absolute Gasteiger partial charge is 0.320 e. The van der Waals surface area contributed by atoms with E-state index in [0.29, 0.717) is 11.3 Å². The molecule has 2 heterocycles. The summed E-state index contributed by atoms with van der Waals surface area (Å²) in [5.74, 6) is 0.423. The summed E-state index contributed by atoms with van der Waals surface area (Å²) in [6.07, 6.45) is 2.05. The van der Waals surface area contributed by atoms with Gasteiger partial charge in [0, 0.05) is 12.6 Å². The van der Waals surface area contributed by atoms with Gasteiger partial charge in [0.15, 0.2) is 0 Å². The van der Waals surface area contributed by atoms with Crippen molar-refractivity contribution in [3.8, 4) is 0 Å². The van der Waals surface area contributed by atoms with E-state index in [4.69, 9.17) is 0 Å². The SMILES string of the molecule is CC(C)C1CCCN1C(=O)n1sc2ccccc2c1=O. The minimum atomic E-state index is -0.190. The molecule has 1 amide bonds. The van der Waals surface area contributed by atoms with Crippen molar-refractivity contribution >= 4 is 27.6 Å². The first-order chi connectivity index (χ1) is 9.59. The number of carbonyl (C=O) groups excluding carboxylic acids is 1. The van der Waals surface area contributed by atoms with Gasteiger partial charge in [-0.3, -0.25) is 4.79 Å². The predicted molar refractivity (Wildman–Crippen MR) is 81.4 cm³/mol. The maximum atomic E-state index is 12.7. The highest BCUT2D eigenvalue weighted by Gasteiger charge is 2.32. The van der Waals surface area contributed by atoms with Crippen LogP contribution in [-0.4, -0.2) is 27.5 Å². The Labute approximate surface area is 121 Å². The van der Waals surface area contributed by atoms with E-state index in [0.717, 1.165) is 24.1 Å². The molecule has 2 aromatic rings. The fraction of sp³-hybridized carbons (Fsp3) is 0.467. The second kappa shape index (κ2) is 5.05. The van der Waals surface area contributed by atoms with E-state index in [-0.39, 0.29) is 17.6 Å². The van der Waals surface area contributed by atoms with Gasteiger partial charge in [-0.05, 0) is 42.4 Å². The highest BCUT2D eigenvalue weighted by molar-refractivity contribution is 7.14. The second-order valence-corrected chi connectivity index (χ2v) is 6.60. The molecule has 1 aromatic heterocycles. The quantitative estimate of drug-likeness (QED) is 0.809. The van der Waals surface area contributed by atoms with E-state index < -0.39 is 0 Å². The number of hydrogen-bond donors (Lipinski definition) is 0. The highest BCUT2D eigenvalue weighted by atomic mass is 32.1. The van der Waals surface area contributed by atoms with Crippen LogP contribution >= 0.6 is 11.5 Å². The highest BCUT2D eigenvalue weighted by Crippen LogP contribution is 2.25. The summed E-state index contributed by atoms with van der Waals surface area (Å²) in [6.45, 7) is 5.01. The molecule has 0 radical (unpaired) electrons. The van der Waals surface area contributed by atoms with Crippen LogP contribution in [0.3, 0.4) is 0 Å². The third kappa shape index (κ3) is 2.06.